The van der Waals surface area contributed by atoms with E-state index in [2.05, 4.69) is 0 Å². The summed E-state index contributed by atoms with van der Waals surface area (Å²) in [7, 11) is 0. The molecule has 3 N–H and O–H groups in total. The fourth-order valence-electron chi connectivity index (χ4n) is 1.60. The van der Waals surface area contributed by atoms with Gasteiger partial charge in [0.05, 0.1) is 12.1 Å². The molecule has 1 aliphatic rings. The van der Waals surface area contributed by atoms with Crippen LogP contribution >= 0.6 is 0 Å². The highest BCUT2D eigenvalue weighted by Gasteiger charge is 2.26. The fraction of sp³-hybridized carbons (Fsp3) is 0.333. The van der Waals surface area contributed by atoms with Gasteiger partial charge in [0, 0.05) is 6.42 Å². The third-order valence-electron chi connectivity index (χ3n) is 2.26. The number of nitrogens with two attached hydrogens (primary N) is 1. The van der Waals surface area contributed by atoms with E-state index < -0.39 is 0 Å². The predicted molar refractivity (Wildman–Crippen MR) is 43.1 cm³/mol. The van der Waals surface area contributed by atoms with Crippen molar-refractivity contribution in [3.63, 3.8) is 0 Å². The molecule has 1 aromatic carbocycles. The molecule has 0 fully saturated rings. The minimum Gasteiger partial charge on any atom is -0.391 e. The minimum absolute atomic E-state index is 0.175. The van der Waals surface area contributed by atoms with E-state index in [4.69, 9.17) is 5.73 Å². The second-order valence-corrected chi connectivity index (χ2v) is 3.00. The van der Waals surface area contributed by atoms with Crippen molar-refractivity contribution >= 4 is 0 Å². The van der Waals surface area contributed by atoms with Crippen LogP contribution in [0.4, 0.5) is 0 Å². The highest BCUT2D eigenvalue weighted by atomic mass is 16.3. The van der Waals surface area contributed by atoms with Gasteiger partial charge in [-0.1, -0.05) is 24.3 Å². The first kappa shape index (κ1) is 6.83. The SMILES string of the molecule is N[C@H]1c2ccccc2C[C@@H]1O. The van der Waals surface area contributed by atoms with Crippen molar-refractivity contribution in [3.8, 4) is 0 Å². The van der Waals surface area contributed by atoms with Crippen molar-refractivity contribution in [2.24, 2.45) is 5.73 Å². The van der Waals surface area contributed by atoms with Gasteiger partial charge in [0.25, 0.3) is 0 Å². The Morgan fingerprint density at radius 2 is 2.09 bits per heavy atom. The zero-order chi connectivity index (χ0) is 7.84. The average molecular weight is 149 g/mol. The number of aliphatic hydroxyl groups is 1. The van der Waals surface area contributed by atoms with Gasteiger partial charge < -0.3 is 10.8 Å². The second kappa shape index (κ2) is 2.32. The zero-order valence-corrected chi connectivity index (χ0v) is 6.20. The second-order valence-electron chi connectivity index (χ2n) is 3.00. The third-order valence-corrected chi connectivity index (χ3v) is 2.26. The van der Waals surface area contributed by atoms with E-state index in [9.17, 15) is 5.11 Å². The summed E-state index contributed by atoms with van der Waals surface area (Å²) < 4.78 is 0. The fourth-order valence-corrected chi connectivity index (χ4v) is 1.60. The summed E-state index contributed by atoms with van der Waals surface area (Å²) in [6.07, 6.45) is 0.324. The van der Waals surface area contributed by atoms with Gasteiger partial charge in [-0.15, -0.1) is 0 Å². The summed E-state index contributed by atoms with van der Waals surface area (Å²) in [4.78, 5) is 0. The molecule has 0 amide bonds. The summed E-state index contributed by atoms with van der Waals surface area (Å²) in [5, 5.41) is 9.39. The number of hydrogen-bond donors (Lipinski definition) is 2. The Kier molecular flexibility index (Phi) is 1.44. The smallest absolute Gasteiger partial charge is 0.0773 e. The average Bonchev–Trinajstić information content (AvgIpc) is 2.30. The number of rotatable bonds is 0. The first-order valence-electron chi connectivity index (χ1n) is 3.80. The van der Waals surface area contributed by atoms with E-state index in [0.717, 1.165) is 5.56 Å². The summed E-state index contributed by atoms with van der Waals surface area (Å²) in [5.74, 6) is 0. The maximum atomic E-state index is 9.39. The predicted octanol–water partition coefficient (Wildman–Crippen LogP) is 0.603. The molecule has 0 saturated heterocycles. The van der Waals surface area contributed by atoms with Gasteiger partial charge in [0.2, 0.25) is 0 Å². The minimum atomic E-state index is -0.382. The van der Waals surface area contributed by atoms with E-state index in [1.807, 2.05) is 24.3 Å². The normalized spacial score (nSPS) is 28.5. The van der Waals surface area contributed by atoms with Gasteiger partial charge in [-0.3, -0.25) is 0 Å². The van der Waals surface area contributed by atoms with Crippen LogP contribution < -0.4 is 5.73 Å². The Bertz CT molecular complexity index is 272. The van der Waals surface area contributed by atoms with E-state index in [-0.39, 0.29) is 12.1 Å². The molecule has 1 aliphatic carbocycles. The Hall–Kier alpha value is -0.860. The van der Waals surface area contributed by atoms with Crippen LogP contribution in [0.15, 0.2) is 24.3 Å². The van der Waals surface area contributed by atoms with Gasteiger partial charge >= 0.3 is 0 Å². The van der Waals surface area contributed by atoms with Crippen LogP contribution in [-0.4, -0.2) is 11.2 Å². The molecule has 0 bridgehead atoms. The first-order valence-corrected chi connectivity index (χ1v) is 3.80. The molecule has 1 aromatic rings. The van der Waals surface area contributed by atoms with E-state index >= 15 is 0 Å². The molecule has 0 heterocycles. The maximum absolute atomic E-state index is 9.39. The molecule has 2 heteroatoms. The molecular weight excluding hydrogens is 138 g/mol. The standard InChI is InChI=1S/C9H11NO/c10-9-7-4-2-1-3-6(7)5-8(9)11/h1-4,8-9,11H,5,10H2/t8-,9-/m0/s1. The van der Waals surface area contributed by atoms with Crippen molar-refractivity contribution in [1.82, 2.24) is 0 Å². The van der Waals surface area contributed by atoms with E-state index in [1.54, 1.807) is 0 Å². The monoisotopic (exact) mass is 149 g/mol. The molecule has 2 atom stereocenters. The number of aliphatic hydroxyl groups excluding tert-OH is 1. The Morgan fingerprint density at radius 3 is 2.82 bits per heavy atom. The topological polar surface area (TPSA) is 46.2 Å². The summed E-state index contributed by atoms with van der Waals surface area (Å²) >= 11 is 0. The highest BCUT2D eigenvalue weighted by Crippen LogP contribution is 2.28. The van der Waals surface area contributed by atoms with E-state index in [1.165, 1.54) is 5.56 Å². The molecule has 0 radical (unpaired) electrons. The number of benzene rings is 1. The molecule has 0 unspecified atom stereocenters. The molecule has 2 nitrogen and oxygen atoms in total. The van der Waals surface area contributed by atoms with Gasteiger partial charge in [-0.25, -0.2) is 0 Å². The van der Waals surface area contributed by atoms with Crippen LogP contribution in [0, 0.1) is 0 Å². The third kappa shape index (κ3) is 0.951. The molecule has 0 saturated carbocycles. The zero-order valence-electron chi connectivity index (χ0n) is 6.20. The van der Waals surface area contributed by atoms with Gasteiger partial charge in [0.1, 0.15) is 0 Å². The van der Waals surface area contributed by atoms with Crippen LogP contribution in [0.25, 0.3) is 0 Å². The van der Waals surface area contributed by atoms with Crippen molar-refractivity contribution in [2.45, 2.75) is 18.6 Å². The lowest BCUT2D eigenvalue weighted by molar-refractivity contribution is 0.158. The molecule has 0 spiro atoms. The lowest BCUT2D eigenvalue weighted by Gasteiger charge is -2.07. The van der Waals surface area contributed by atoms with Crippen molar-refractivity contribution in [2.75, 3.05) is 0 Å². The van der Waals surface area contributed by atoms with Crippen molar-refractivity contribution in [1.29, 1.82) is 0 Å². The van der Waals surface area contributed by atoms with Crippen LogP contribution in [0.5, 0.6) is 0 Å². The maximum Gasteiger partial charge on any atom is 0.0773 e. The molecule has 2 rings (SSSR count). The van der Waals surface area contributed by atoms with Gasteiger partial charge in [-0.2, -0.15) is 0 Å². The molecule has 0 aliphatic heterocycles. The summed E-state index contributed by atoms with van der Waals surface area (Å²) in [5.41, 5.74) is 8.02. The lowest BCUT2D eigenvalue weighted by Crippen LogP contribution is -2.21. The van der Waals surface area contributed by atoms with E-state index in [0.29, 0.717) is 6.42 Å². The molecule has 58 valence electrons. The van der Waals surface area contributed by atoms with Gasteiger partial charge in [0.15, 0.2) is 0 Å². The summed E-state index contributed by atoms with van der Waals surface area (Å²) in [6, 6.07) is 7.76. The van der Waals surface area contributed by atoms with Crippen LogP contribution in [0.3, 0.4) is 0 Å². The highest BCUT2D eigenvalue weighted by molar-refractivity contribution is 5.35. The first-order chi connectivity index (χ1) is 5.29. The van der Waals surface area contributed by atoms with Crippen LogP contribution in [0.2, 0.25) is 0 Å². The summed E-state index contributed by atoms with van der Waals surface area (Å²) in [6.45, 7) is 0. The molecule has 0 aromatic heterocycles. The van der Waals surface area contributed by atoms with Crippen molar-refractivity contribution < 1.29 is 5.11 Å². The van der Waals surface area contributed by atoms with Gasteiger partial charge in [-0.05, 0) is 11.1 Å². The van der Waals surface area contributed by atoms with Crippen LogP contribution in [-0.2, 0) is 6.42 Å². The molecular formula is C9H11NO. The lowest BCUT2D eigenvalue weighted by atomic mass is 10.1. The van der Waals surface area contributed by atoms with Crippen molar-refractivity contribution in [3.05, 3.63) is 35.4 Å². The number of fused-ring (bicyclic) bond motifs is 1. The quantitative estimate of drug-likeness (QED) is 0.567. The molecule has 11 heavy (non-hydrogen) atoms. The largest absolute Gasteiger partial charge is 0.391 e. The Labute approximate surface area is 65.7 Å². The Morgan fingerprint density at radius 1 is 1.36 bits per heavy atom. The Balaban J connectivity index is 2.47. The van der Waals surface area contributed by atoms with Crippen LogP contribution in [0.1, 0.15) is 17.2 Å². The number of hydrogen-bond acceptors (Lipinski definition) is 2.